The lowest BCUT2D eigenvalue weighted by Crippen LogP contribution is -2.55. The zero-order valence-corrected chi connectivity index (χ0v) is 19.6. The van der Waals surface area contributed by atoms with Gasteiger partial charge in [0.05, 0.1) is 14.0 Å². The van der Waals surface area contributed by atoms with Crippen LogP contribution in [0.15, 0.2) is 0 Å². The molecule has 0 spiro atoms. The van der Waals surface area contributed by atoms with Crippen molar-refractivity contribution in [3.8, 4) is 0 Å². The Kier molecular flexibility index (Phi) is 8.47. The highest BCUT2D eigenvalue weighted by atomic mass is 16.5. The van der Waals surface area contributed by atoms with E-state index in [0.29, 0.717) is 12.8 Å². The van der Waals surface area contributed by atoms with Crippen LogP contribution in [0.3, 0.4) is 0 Å². The molecule has 2 fully saturated rings. The molecular weight excluding hydrogens is 398 g/mol. The minimum atomic E-state index is -3.13. The maximum Gasteiger partial charge on any atom is 0.326 e. The summed E-state index contributed by atoms with van der Waals surface area (Å²) in [6.07, 6.45) is 4.01. The van der Waals surface area contributed by atoms with Gasteiger partial charge in [0, 0.05) is 15.7 Å². The van der Waals surface area contributed by atoms with Crippen LogP contribution in [0, 0.1) is 5.92 Å². The Morgan fingerprint density at radius 1 is 1.29 bits per heavy atom. The van der Waals surface area contributed by atoms with Crippen molar-refractivity contribution in [2.75, 3.05) is 6.61 Å². The number of carbonyl (C=O) groups is 3. The Balaban J connectivity index is 0.00000111. The van der Waals surface area contributed by atoms with Gasteiger partial charge in [-0.2, -0.15) is 0 Å². The number of nitrogens with zero attached hydrogens (tertiary/aromatic N) is 1. The predicted octanol–water partition coefficient (Wildman–Crippen LogP) is 2.68. The number of hydrogen-bond donors (Lipinski definition) is 3. The number of ether oxygens (including phenoxy) is 1. The Morgan fingerprint density at radius 3 is 2.42 bits per heavy atom. The minimum Gasteiger partial charge on any atom is -0.480 e. The van der Waals surface area contributed by atoms with Crippen LogP contribution in [0.2, 0.25) is 0 Å². The molecule has 1 aliphatic carbocycles. The zero-order chi connectivity index (χ0) is 27.2. The number of esters is 1. The van der Waals surface area contributed by atoms with Gasteiger partial charge < -0.3 is 20.5 Å². The Morgan fingerprint density at radius 2 is 1.90 bits per heavy atom. The number of aliphatic carboxylic acids is 1. The quantitative estimate of drug-likeness (QED) is 0.491. The van der Waals surface area contributed by atoms with Crippen molar-refractivity contribution < 1.29 is 29.7 Å². The number of amides is 1. The molecule has 2 rings (SSSR count). The van der Waals surface area contributed by atoms with Gasteiger partial charge in [0.15, 0.2) is 0 Å². The second kappa shape index (κ2) is 12.4. The summed E-state index contributed by atoms with van der Waals surface area (Å²) in [6.45, 7) is 6.23. The van der Waals surface area contributed by atoms with Crippen molar-refractivity contribution in [3.05, 3.63) is 0 Å². The maximum absolute atomic E-state index is 13.5. The minimum absolute atomic E-state index is 0. The highest BCUT2D eigenvalue weighted by Crippen LogP contribution is 2.40. The fourth-order valence-electron chi connectivity index (χ4n) is 4.12. The van der Waals surface area contributed by atoms with Crippen LogP contribution in [0.25, 0.3) is 0 Å². The number of hydrogen-bond acceptors (Lipinski definition) is 6. The van der Waals surface area contributed by atoms with E-state index in [1.54, 1.807) is 13.8 Å². The number of rotatable bonds is 8. The molecule has 4 N–H and O–H groups in total. The van der Waals surface area contributed by atoms with Gasteiger partial charge in [-0.15, -0.1) is 0 Å². The lowest BCUT2D eigenvalue weighted by molar-refractivity contribution is -0.152. The van der Waals surface area contributed by atoms with Gasteiger partial charge in [-0.25, -0.2) is 4.79 Å². The number of carboxylic acids is 1. The second-order valence-electron chi connectivity index (χ2n) is 9.39. The zero-order valence-electron chi connectivity index (χ0n) is 23.6. The molecule has 180 valence electrons. The summed E-state index contributed by atoms with van der Waals surface area (Å²) in [7, 11) is 0. The van der Waals surface area contributed by atoms with Gasteiger partial charge >= 0.3 is 11.9 Å². The second-order valence-corrected chi connectivity index (χ2v) is 9.39. The molecule has 8 heteroatoms. The van der Waals surface area contributed by atoms with E-state index in [1.165, 1.54) is 0 Å². The molecule has 0 radical (unpaired) electrons. The fraction of sp³-hybridized carbons (Fsp3) is 0.870. The molecular formula is C23H43N3O5. The molecule has 8 nitrogen and oxygen atoms in total. The SMILES string of the molecule is CC(C)(C)N.[2H]C([2H])([2H])C([2H])(N[C@@H](CCC)C(=O)OCC)C(=O)N1[C@H](C(=O)O)C[C@@H]2CCCC[C@@H]21. The third-order valence-electron chi connectivity index (χ3n) is 5.29. The lowest BCUT2D eigenvalue weighted by atomic mass is 9.84. The first-order chi connectivity index (χ1) is 16.0. The van der Waals surface area contributed by atoms with Gasteiger partial charge in [0.2, 0.25) is 5.91 Å². The summed E-state index contributed by atoms with van der Waals surface area (Å²) in [5.74, 6) is -3.09. The van der Waals surface area contributed by atoms with E-state index in [1.807, 2.05) is 20.8 Å². The first-order valence-electron chi connectivity index (χ1n) is 13.3. The molecule has 31 heavy (non-hydrogen) atoms. The maximum atomic E-state index is 13.5. The third-order valence-corrected chi connectivity index (χ3v) is 5.29. The number of carboxylic acid groups (broad SMARTS) is 1. The molecule has 0 aromatic rings. The highest BCUT2D eigenvalue weighted by molar-refractivity contribution is 5.88. The number of nitrogens with two attached hydrogens (primary N) is 1. The van der Waals surface area contributed by atoms with Crippen LogP contribution in [0.1, 0.15) is 91.9 Å². The van der Waals surface area contributed by atoms with E-state index in [9.17, 15) is 19.5 Å². The standard InChI is InChI=1S/C19H32N2O5.C4H11N/c1-4-8-14(19(25)26-5-2)20-12(3)17(22)21-15-10-7-6-9-13(15)11-16(21)18(23)24;1-4(2,3)5/h12-16,20H,4-11H2,1-3H3,(H,23,24);5H2,1-3H3/t12?,13-,14-,15-,16-;/m0./s1/i3D3,12D;. The first-order valence-corrected chi connectivity index (χ1v) is 11.3. The van der Waals surface area contributed by atoms with Crippen molar-refractivity contribution >= 4 is 17.8 Å². The molecule has 0 bridgehead atoms. The Hall–Kier alpha value is -1.67. The largest absolute Gasteiger partial charge is 0.480 e. The van der Waals surface area contributed by atoms with E-state index in [0.717, 1.165) is 24.2 Å². The first kappa shape index (κ1) is 21.2. The van der Waals surface area contributed by atoms with Crippen LogP contribution in [0.4, 0.5) is 0 Å². The van der Waals surface area contributed by atoms with Gasteiger partial charge in [-0.05, 0) is 66.1 Å². The van der Waals surface area contributed by atoms with E-state index >= 15 is 0 Å². The Bertz CT molecular complexity index is 738. The van der Waals surface area contributed by atoms with Gasteiger partial charge in [0.25, 0.3) is 0 Å². The lowest BCUT2D eigenvalue weighted by Gasteiger charge is -2.35. The number of nitrogens with one attached hydrogen (secondary N) is 1. The van der Waals surface area contributed by atoms with E-state index < -0.39 is 48.8 Å². The number of carbonyl (C=O) groups excluding carboxylic acids is 2. The molecule has 0 aromatic heterocycles. The van der Waals surface area contributed by atoms with Crippen molar-refractivity contribution in [2.45, 2.75) is 116 Å². The average Bonchev–Trinajstić information content (AvgIpc) is 3.10. The predicted molar refractivity (Wildman–Crippen MR) is 120 cm³/mol. The fourth-order valence-corrected chi connectivity index (χ4v) is 4.12. The smallest absolute Gasteiger partial charge is 0.326 e. The molecule has 1 unspecified atom stereocenters. The molecule has 0 aromatic carbocycles. The number of fused-ring (bicyclic) bond motifs is 1. The molecule has 1 saturated heterocycles. The van der Waals surface area contributed by atoms with Crippen molar-refractivity contribution in [1.82, 2.24) is 10.2 Å². The van der Waals surface area contributed by atoms with Crippen molar-refractivity contribution in [3.63, 3.8) is 0 Å². The summed E-state index contributed by atoms with van der Waals surface area (Å²) in [5, 5.41) is 12.1. The van der Waals surface area contributed by atoms with Gasteiger partial charge in [-0.1, -0.05) is 26.2 Å². The monoisotopic (exact) mass is 445 g/mol. The van der Waals surface area contributed by atoms with Crippen molar-refractivity contribution in [2.24, 2.45) is 11.7 Å². The van der Waals surface area contributed by atoms with Crippen LogP contribution in [-0.2, 0) is 19.1 Å². The summed E-state index contributed by atoms with van der Waals surface area (Å²) >= 11 is 0. The average molecular weight is 446 g/mol. The third kappa shape index (κ3) is 8.77. The van der Waals surface area contributed by atoms with E-state index in [4.69, 9.17) is 16.0 Å². The molecule has 1 saturated carbocycles. The van der Waals surface area contributed by atoms with Gasteiger partial charge in [-0.3, -0.25) is 14.9 Å². The molecule has 2 aliphatic rings. The van der Waals surface area contributed by atoms with Crippen LogP contribution in [0.5, 0.6) is 0 Å². The summed E-state index contributed by atoms with van der Waals surface area (Å²) < 4.78 is 37.3. The Labute approximate surface area is 192 Å². The molecule has 1 heterocycles. The summed E-state index contributed by atoms with van der Waals surface area (Å²) in [5.41, 5.74) is 5.35. The molecule has 1 amide bonds. The van der Waals surface area contributed by atoms with Crippen molar-refractivity contribution in [1.29, 1.82) is 0 Å². The highest BCUT2D eigenvalue weighted by Gasteiger charge is 2.48. The topological polar surface area (TPSA) is 122 Å². The normalized spacial score (nSPS) is 28.3. The number of likely N-dealkylation sites (tertiary alicyclic amines) is 1. The van der Waals surface area contributed by atoms with Crippen LogP contribution in [-0.4, -0.2) is 64.1 Å². The van der Waals surface area contributed by atoms with Crippen LogP contribution >= 0.6 is 0 Å². The molecule has 1 aliphatic heterocycles. The van der Waals surface area contributed by atoms with Gasteiger partial charge in [0.1, 0.15) is 12.1 Å². The van der Waals surface area contributed by atoms with Crippen LogP contribution < -0.4 is 11.1 Å². The van der Waals surface area contributed by atoms with E-state index in [2.05, 4.69) is 5.32 Å². The van der Waals surface area contributed by atoms with E-state index in [-0.39, 0.29) is 30.9 Å². The summed E-state index contributed by atoms with van der Waals surface area (Å²) in [4.78, 5) is 38.8. The summed E-state index contributed by atoms with van der Waals surface area (Å²) in [6, 6.07) is -5.61. The molecule has 5 atom stereocenters.